The Bertz CT molecular complexity index is 1160. The van der Waals surface area contributed by atoms with Crippen LogP contribution in [0.3, 0.4) is 0 Å². The van der Waals surface area contributed by atoms with E-state index >= 15 is 0 Å². The number of thiophene rings is 1. The number of thioether (sulfide) groups is 1. The van der Waals surface area contributed by atoms with Crippen LogP contribution in [0.2, 0.25) is 0 Å². The number of carbonyl (C=O) groups is 4. The van der Waals surface area contributed by atoms with Gasteiger partial charge in [0.25, 0.3) is 0 Å². The molecule has 10 heteroatoms. The van der Waals surface area contributed by atoms with Gasteiger partial charge in [-0.1, -0.05) is 18.9 Å². The Balaban J connectivity index is 1.72. The SMILES string of the molecule is CCOC(=O)c1c(NC(=O)C(C)Sc2cccc(NC(=O)/C=C/C(=O)O)c2)sc2c1CCCCCC2. The molecule has 0 radical (unpaired) electrons. The van der Waals surface area contributed by atoms with Crippen molar-refractivity contribution in [1.29, 1.82) is 0 Å². The molecule has 0 fully saturated rings. The van der Waals surface area contributed by atoms with E-state index in [1.165, 1.54) is 23.1 Å². The molecule has 8 nitrogen and oxygen atoms in total. The smallest absolute Gasteiger partial charge is 0.341 e. The van der Waals surface area contributed by atoms with Crippen LogP contribution >= 0.6 is 23.1 Å². The van der Waals surface area contributed by atoms with Crippen molar-refractivity contribution in [3.8, 4) is 0 Å². The zero-order valence-electron chi connectivity index (χ0n) is 20.3. The van der Waals surface area contributed by atoms with E-state index in [1.807, 2.05) is 6.07 Å². The molecule has 3 rings (SSSR count). The number of carbonyl (C=O) groups excluding carboxylic acids is 3. The Labute approximate surface area is 218 Å². The van der Waals surface area contributed by atoms with Crippen molar-refractivity contribution < 1.29 is 29.0 Å². The molecule has 0 saturated heterocycles. The highest BCUT2D eigenvalue weighted by molar-refractivity contribution is 8.00. The van der Waals surface area contributed by atoms with Gasteiger partial charge < -0.3 is 20.5 Å². The number of nitrogens with one attached hydrogen (secondary N) is 2. The second kappa shape index (κ2) is 13.3. The summed E-state index contributed by atoms with van der Waals surface area (Å²) in [6.45, 7) is 3.81. The summed E-state index contributed by atoms with van der Waals surface area (Å²) in [7, 11) is 0. The van der Waals surface area contributed by atoms with Gasteiger partial charge in [-0.15, -0.1) is 23.1 Å². The number of carboxylic acids is 1. The third kappa shape index (κ3) is 7.69. The van der Waals surface area contributed by atoms with E-state index in [4.69, 9.17) is 9.84 Å². The summed E-state index contributed by atoms with van der Waals surface area (Å²) in [5.74, 6) is -2.41. The minimum Gasteiger partial charge on any atom is -0.478 e. The van der Waals surface area contributed by atoms with E-state index in [0.717, 1.165) is 66.0 Å². The average molecular weight is 531 g/mol. The van der Waals surface area contributed by atoms with Crippen molar-refractivity contribution in [2.75, 3.05) is 17.2 Å². The molecule has 0 spiro atoms. The second-order valence-corrected chi connectivity index (χ2v) is 10.8. The van der Waals surface area contributed by atoms with Crippen LogP contribution in [0, 0.1) is 0 Å². The van der Waals surface area contributed by atoms with Gasteiger partial charge in [0.05, 0.1) is 17.4 Å². The summed E-state index contributed by atoms with van der Waals surface area (Å²) in [5.41, 5.74) is 1.98. The molecule has 1 aliphatic rings. The monoisotopic (exact) mass is 530 g/mol. The normalized spacial score (nSPS) is 14.3. The highest BCUT2D eigenvalue weighted by Crippen LogP contribution is 2.38. The number of benzene rings is 1. The van der Waals surface area contributed by atoms with E-state index in [-0.39, 0.29) is 12.5 Å². The maximum Gasteiger partial charge on any atom is 0.341 e. The molecule has 1 atom stereocenters. The number of aryl methyl sites for hydroxylation is 1. The standard InChI is InChI=1S/C26H30N2O6S2/c1-3-34-26(33)23-19-11-6-4-5-7-12-20(19)36-25(23)28-24(32)16(2)35-18-10-8-9-17(15-18)27-21(29)13-14-22(30)31/h8-10,13-16H,3-7,11-12H2,1-2H3,(H,27,29)(H,28,32)(H,30,31)/b14-13+. The summed E-state index contributed by atoms with van der Waals surface area (Å²) < 4.78 is 5.32. The van der Waals surface area contributed by atoms with Crippen LogP contribution in [0.25, 0.3) is 0 Å². The highest BCUT2D eigenvalue weighted by Gasteiger charge is 2.27. The highest BCUT2D eigenvalue weighted by atomic mass is 32.2. The van der Waals surface area contributed by atoms with Crippen molar-refractivity contribution in [2.45, 2.75) is 62.5 Å². The summed E-state index contributed by atoms with van der Waals surface area (Å²) in [6.07, 6.45) is 7.76. The van der Waals surface area contributed by atoms with Crippen molar-refractivity contribution in [1.82, 2.24) is 0 Å². The van der Waals surface area contributed by atoms with Gasteiger partial charge in [-0.05, 0) is 63.3 Å². The molecule has 0 aliphatic heterocycles. The minimum atomic E-state index is -1.21. The number of carboxylic acid groups (broad SMARTS) is 1. The molecule has 0 saturated carbocycles. The number of rotatable bonds is 9. The van der Waals surface area contributed by atoms with E-state index in [2.05, 4.69) is 10.6 Å². The third-order valence-corrected chi connectivity index (χ3v) is 7.85. The lowest BCUT2D eigenvalue weighted by atomic mass is 9.96. The van der Waals surface area contributed by atoms with Crippen LogP contribution in [0.4, 0.5) is 10.7 Å². The average Bonchev–Trinajstić information content (AvgIpc) is 3.13. The fourth-order valence-electron chi connectivity index (χ4n) is 3.88. The molecule has 0 bridgehead atoms. The summed E-state index contributed by atoms with van der Waals surface area (Å²) in [6, 6.07) is 6.94. The molecule has 2 amide bonds. The molecule has 36 heavy (non-hydrogen) atoms. The van der Waals surface area contributed by atoms with Gasteiger partial charge in [0.2, 0.25) is 11.8 Å². The minimum absolute atomic E-state index is 0.237. The first-order valence-corrected chi connectivity index (χ1v) is 13.6. The van der Waals surface area contributed by atoms with Crippen LogP contribution < -0.4 is 10.6 Å². The lowest BCUT2D eigenvalue weighted by Crippen LogP contribution is -2.23. The molecule has 1 aromatic carbocycles. The fourth-order valence-corrected chi connectivity index (χ4v) is 6.08. The molecular weight excluding hydrogens is 500 g/mol. The third-order valence-electron chi connectivity index (χ3n) is 5.55. The number of amides is 2. The van der Waals surface area contributed by atoms with E-state index in [9.17, 15) is 19.2 Å². The Hall–Kier alpha value is -3.11. The first kappa shape index (κ1) is 27.5. The number of esters is 1. The van der Waals surface area contributed by atoms with Gasteiger partial charge in [0, 0.05) is 27.6 Å². The summed E-state index contributed by atoms with van der Waals surface area (Å²) in [5, 5.41) is 14.3. The van der Waals surface area contributed by atoms with Crippen molar-refractivity contribution in [3.63, 3.8) is 0 Å². The Morgan fingerprint density at radius 2 is 1.86 bits per heavy atom. The van der Waals surface area contributed by atoms with Gasteiger partial charge in [0.1, 0.15) is 5.00 Å². The predicted octanol–water partition coefficient (Wildman–Crippen LogP) is 5.28. The maximum absolute atomic E-state index is 13.1. The molecule has 192 valence electrons. The summed E-state index contributed by atoms with van der Waals surface area (Å²) >= 11 is 2.78. The van der Waals surface area contributed by atoms with Gasteiger partial charge in [-0.25, -0.2) is 9.59 Å². The van der Waals surface area contributed by atoms with Gasteiger partial charge in [-0.3, -0.25) is 9.59 Å². The largest absolute Gasteiger partial charge is 0.478 e. The number of anilines is 2. The quantitative estimate of drug-likeness (QED) is 0.229. The first-order valence-electron chi connectivity index (χ1n) is 11.9. The van der Waals surface area contributed by atoms with Crippen LogP contribution in [-0.4, -0.2) is 40.7 Å². The van der Waals surface area contributed by atoms with Crippen molar-refractivity contribution in [2.24, 2.45) is 0 Å². The molecule has 3 N–H and O–H groups in total. The van der Waals surface area contributed by atoms with Gasteiger partial charge in [-0.2, -0.15) is 0 Å². The Morgan fingerprint density at radius 1 is 1.11 bits per heavy atom. The van der Waals surface area contributed by atoms with E-state index in [1.54, 1.807) is 32.0 Å². The van der Waals surface area contributed by atoms with Crippen LogP contribution in [0.5, 0.6) is 0 Å². The molecule has 2 aromatic rings. The van der Waals surface area contributed by atoms with Crippen LogP contribution in [0.15, 0.2) is 41.3 Å². The molecular formula is C26H30N2O6S2. The van der Waals surface area contributed by atoms with Gasteiger partial charge in [0.15, 0.2) is 0 Å². The predicted molar refractivity (Wildman–Crippen MR) is 142 cm³/mol. The topological polar surface area (TPSA) is 122 Å². The fraction of sp³-hybridized carbons (Fsp3) is 0.385. The van der Waals surface area contributed by atoms with E-state index < -0.39 is 23.1 Å². The number of fused-ring (bicyclic) bond motifs is 1. The summed E-state index contributed by atoms with van der Waals surface area (Å²) in [4.78, 5) is 50.2. The Kier molecular flexibility index (Phi) is 10.1. The van der Waals surface area contributed by atoms with Crippen LogP contribution in [0.1, 0.15) is 60.3 Å². The number of aliphatic carboxylic acids is 1. The lowest BCUT2D eigenvalue weighted by Gasteiger charge is -2.14. The number of ether oxygens (including phenoxy) is 1. The number of hydrogen-bond acceptors (Lipinski definition) is 7. The zero-order chi connectivity index (χ0) is 26.1. The second-order valence-electron chi connectivity index (χ2n) is 8.28. The Morgan fingerprint density at radius 3 is 2.58 bits per heavy atom. The van der Waals surface area contributed by atoms with Crippen LogP contribution in [-0.2, 0) is 32.0 Å². The molecule has 1 unspecified atom stereocenters. The lowest BCUT2D eigenvalue weighted by molar-refractivity contribution is -0.131. The molecule has 1 aromatic heterocycles. The molecule has 1 heterocycles. The molecule has 1 aliphatic carbocycles. The maximum atomic E-state index is 13.1. The first-order chi connectivity index (χ1) is 17.3. The van der Waals surface area contributed by atoms with E-state index in [0.29, 0.717) is 16.3 Å². The van der Waals surface area contributed by atoms with Gasteiger partial charge >= 0.3 is 11.9 Å². The van der Waals surface area contributed by atoms with Crippen molar-refractivity contribution in [3.05, 3.63) is 52.4 Å². The number of hydrogen-bond donors (Lipinski definition) is 3. The van der Waals surface area contributed by atoms with Crippen molar-refractivity contribution >= 4 is 57.5 Å². The zero-order valence-corrected chi connectivity index (χ0v) is 21.9.